The Kier molecular flexibility index (Phi) is 4.81. The molecule has 0 saturated carbocycles. The molecule has 0 amide bonds. The van der Waals surface area contributed by atoms with Crippen molar-refractivity contribution in [2.45, 2.75) is 26.6 Å². The summed E-state index contributed by atoms with van der Waals surface area (Å²) in [5.41, 5.74) is 7.76. The standard InChI is InChI=1S/C13H18N4S/c1-2-17(8-11-5-3-4-6-15-11)9-12-10-18-13(7-14)16-12/h3-6,10H,2,7-9,14H2,1H3. The van der Waals surface area contributed by atoms with Gasteiger partial charge in [-0.1, -0.05) is 13.0 Å². The van der Waals surface area contributed by atoms with Gasteiger partial charge < -0.3 is 5.73 Å². The molecule has 0 atom stereocenters. The maximum atomic E-state index is 5.57. The van der Waals surface area contributed by atoms with Crippen LogP contribution in [0.4, 0.5) is 0 Å². The van der Waals surface area contributed by atoms with Crippen molar-refractivity contribution >= 4 is 11.3 Å². The molecule has 0 aliphatic rings. The SMILES string of the molecule is CCN(Cc1ccccn1)Cc1csc(CN)n1. The van der Waals surface area contributed by atoms with Crippen LogP contribution in [0.3, 0.4) is 0 Å². The van der Waals surface area contributed by atoms with E-state index >= 15 is 0 Å². The average Bonchev–Trinajstić information content (AvgIpc) is 2.87. The fourth-order valence-electron chi connectivity index (χ4n) is 1.74. The van der Waals surface area contributed by atoms with Crippen molar-refractivity contribution < 1.29 is 0 Å². The van der Waals surface area contributed by atoms with Crippen LogP contribution in [0.15, 0.2) is 29.8 Å². The Morgan fingerprint density at radius 1 is 1.28 bits per heavy atom. The number of rotatable bonds is 6. The number of nitrogens with zero attached hydrogens (tertiary/aromatic N) is 3. The molecule has 2 N–H and O–H groups in total. The van der Waals surface area contributed by atoms with Gasteiger partial charge in [0.15, 0.2) is 0 Å². The second-order valence-corrected chi connectivity index (χ2v) is 5.00. The third kappa shape index (κ3) is 3.60. The van der Waals surface area contributed by atoms with Gasteiger partial charge in [0.2, 0.25) is 0 Å². The van der Waals surface area contributed by atoms with Gasteiger partial charge in [0.05, 0.1) is 11.4 Å². The predicted molar refractivity (Wildman–Crippen MR) is 74.0 cm³/mol. The van der Waals surface area contributed by atoms with E-state index in [-0.39, 0.29) is 0 Å². The second kappa shape index (κ2) is 6.58. The van der Waals surface area contributed by atoms with Crippen molar-refractivity contribution in [3.05, 3.63) is 46.2 Å². The number of hydrogen-bond acceptors (Lipinski definition) is 5. The monoisotopic (exact) mass is 262 g/mol. The van der Waals surface area contributed by atoms with E-state index in [0.29, 0.717) is 6.54 Å². The molecular weight excluding hydrogens is 244 g/mol. The Balaban J connectivity index is 1.97. The quantitative estimate of drug-likeness (QED) is 0.865. The molecule has 2 aromatic heterocycles. The van der Waals surface area contributed by atoms with E-state index in [1.807, 2.05) is 18.3 Å². The van der Waals surface area contributed by atoms with E-state index in [1.165, 1.54) is 0 Å². The lowest BCUT2D eigenvalue weighted by Crippen LogP contribution is -2.23. The number of pyridine rings is 1. The molecule has 0 bridgehead atoms. The van der Waals surface area contributed by atoms with Gasteiger partial charge in [-0.05, 0) is 18.7 Å². The fraction of sp³-hybridized carbons (Fsp3) is 0.385. The Hall–Kier alpha value is -1.30. The van der Waals surface area contributed by atoms with Gasteiger partial charge >= 0.3 is 0 Å². The lowest BCUT2D eigenvalue weighted by molar-refractivity contribution is 0.265. The number of nitrogens with two attached hydrogens (primary N) is 1. The Morgan fingerprint density at radius 3 is 2.72 bits per heavy atom. The highest BCUT2D eigenvalue weighted by molar-refractivity contribution is 7.09. The fourth-order valence-corrected chi connectivity index (χ4v) is 2.41. The van der Waals surface area contributed by atoms with Crippen LogP contribution in [0, 0.1) is 0 Å². The summed E-state index contributed by atoms with van der Waals surface area (Å²) >= 11 is 1.63. The normalized spacial score (nSPS) is 11.1. The number of thiazole rings is 1. The highest BCUT2D eigenvalue weighted by atomic mass is 32.1. The van der Waals surface area contributed by atoms with E-state index in [0.717, 1.165) is 36.0 Å². The Morgan fingerprint density at radius 2 is 2.11 bits per heavy atom. The van der Waals surface area contributed by atoms with E-state index < -0.39 is 0 Å². The van der Waals surface area contributed by atoms with Crippen LogP contribution in [0.5, 0.6) is 0 Å². The molecule has 0 unspecified atom stereocenters. The highest BCUT2D eigenvalue weighted by Crippen LogP contribution is 2.12. The van der Waals surface area contributed by atoms with Crippen LogP contribution >= 0.6 is 11.3 Å². The molecule has 2 rings (SSSR count). The van der Waals surface area contributed by atoms with E-state index in [1.54, 1.807) is 11.3 Å². The van der Waals surface area contributed by atoms with Crippen LogP contribution in [-0.2, 0) is 19.6 Å². The smallest absolute Gasteiger partial charge is 0.106 e. The Labute approximate surface area is 111 Å². The summed E-state index contributed by atoms with van der Waals surface area (Å²) in [4.78, 5) is 11.2. The van der Waals surface area contributed by atoms with Crippen molar-refractivity contribution in [1.82, 2.24) is 14.9 Å². The topological polar surface area (TPSA) is 55.0 Å². The van der Waals surface area contributed by atoms with E-state index in [2.05, 4.69) is 33.2 Å². The van der Waals surface area contributed by atoms with E-state index in [4.69, 9.17) is 5.73 Å². The van der Waals surface area contributed by atoms with Gasteiger partial charge in [-0.2, -0.15) is 0 Å². The van der Waals surface area contributed by atoms with E-state index in [9.17, 15) is 0 Å². The number of hydrogen-bond donors (Lipinski definition) is 1. The number of aromatic nitrogens is 2. The first-order valence-electron chi connectivity index (χ1n) is 6.07. The zero-order valence-electron chi connectivity index (χ0n) is 10.5. The summed E-state index contributed by atoms with van der Waals surface area (Å²) in [6, 6.07) is 6.01. The summed E-state index contributed by atoms with van der Waals surface area (Å²) in [5.74, 6) is 0. The minimum Gasteiger partial charge on any atom is -0.325 e. The van der Waals surface area contributed by atoms with Gasteiger partial charge in [0.25, 0.3) is 0 Å². The van der Waals surface area contributed by atoms with Crippen LogP contribution in [0.2, 0.25) is 0 Å². The first-order chi connectivity index (χ1) is 8.81. The summed E-state index contributed by atoms with van der Waals surface area (Å²) < 4.78 is 0. The molecule has 96 valence electrons. The van der Waals surface area contributed by atoms with Gasteiger partial charge in [0.1, 0.15) is 5.01 Å². The molecular formula is C13H18N4S. The van der Waals surface area contributed by atoms with Crippen LogP contribution in [0.1, 0.15) is 23.3 Å². The molecule has 2 aromatic rings. The molecule has 0 aliphatic heterocycles. The van der Waals surface area contributed by atoms with Crippen molar-refractivity contribution in [1.29, 1.82) is 0 Å². The largest absolute Gasteiger partial charge is 0.325 e. The van der Waals surface area contributed by atoms with Crippen LogP contribution in [-0.4, -0.2) is 21.4 Å². The van der Waals surface area contributed by atoms with Crippen molar-refractivity contribution in [2.24, 2.45) is 5.73 Å². The van der Waals surface area contributed by atoms with Gasteiger partial charge in [-0.3, -0.25) is 9.88 Å². The average molecular weight is 262 g/mol. The third-order valence-corrected chi connectivity index (χ3v) is 3.64. The first-order valence-corrected chi connectivity index (χ1v) is 6.95. The third-order valence-electron chi connectivity index (χ3n) is 2.72. The van der Waals surface area contributed by atoms with Crippen molar-refractivity contribution in [2.75, 3.05) is 6.54 Å². The van der Waals surface area contributed by atoms with Gasteiger partial charge in [0, 0.05) is 31.2 Å². The molecule has 0 saturated heterocycles. The zero-order valence-corrected chi connectivity index (χ0v) is 11.4. The van der Waals surface area contributed by atoms with Crippen molar-refractivity contribution in [3.63, 3.8) is 0 Å². The molecule has 5 heteroatoms. The molecule has 0 radical (unpaired) electrons. The maximum absolute atomic E-state index is 5.57. The molecule has 2 heterocycles. The zero-order chi connectivity index (χ0) is 12.8. The summed E-state index contributed by atoms with van der Waals surface area (Å²) in [6.45, 7) is 5.36. The maximum Gasteiger partial charge on any atom is 0.106 e. The first kappa shape index (κ1) is 13.1. The minimum absolute atomic E-state index is 0.525. The molecule has 0 aromatic carbocycles. The van der Waals surface area contributed by atoms with Gasteiger partial charge in [-0.25, -0.2) is 4.98 Å². The van der Waals surface area contributed by atoms with Gasteiger partial charge in [-0.15, -0.1) is 11.3 Å². The molecule has 0 aliphatic carbocycles. The Bertz CT molecular complexity index is 469. The second-order valence-electron chi connectivity index (χ2n) is 4.06. The predicted octanol–water partition coefficient (Wildman–Crippen LogP) is 2.02. The minimum atomic E-state index is 0.525. The van der Waals surface area contributed by atoms with Crippen LogP contribution in [0.25, 0.3) is 0 Å². The molecule has 0 spiro atoms. The van der Waals surface area contributed by atoms with Crippen molar-refractivity contribution in [3.8, 4) is 0 Å². The molecule has 4 nitrogen and oxygen atoms in total. The lowest BCUT2D eigenvalue weighted by Gasteiger charge is -2.18. The summed E-state index contributed by atoms with van der Waals surface area (Å²) in [6.07, 6.45) is 1.83. The summed E-state index contributed by atoms with van der Waals surface area (Å²) in [7, 11) is 0. The molecule has 0 fully saturated rings. The van der Waals surface area contributed by atoms with Crippen LogP contribution < -0.4 is 5.73 Å². The molecule has 18 heavy (non-hydrogen) atoms. The summed E-state index contributed by atoms with van der Waals surface area (Å²) in [5, 5.41) is 3.09. The lowest BCUT2D eigenvalue weighted by atomic mass is 10.3. The highest BCUT2D eigenvalue weighted by Gasteiger charge is 2.08.